The number of nitrogen functional groups attached to an aromatic ring is 3. The third-order valence-corrected chi connectivity index (χ3v) is 19.5. The van der Waals surface area contributed by atoms with E-state index < -0.39 is 159 Å². The van der Waals surface area contributed by atoms with Crippen LogP contribution in [0.3, 0.4) is 0 Å². The molecular formula is C44H59N16O27P4+. The maximum Gasteiger partial charge on any atom is 0.490 e. The van der Waals surface area contributed by atoms with Crippen molar-refractivity contribution in [2.45, 2.75) is 100 Å². The fraction of sp³-hybridized carbons (Fsp3) is 0.523. The number of nitrogens with zero attached hydrogens (tertiary/aromatic N) is 11. The average molecular weight is 1370 g/mol. The minimum Gasteiger partial charge on any atom is -0.387 e. The first-order valence-corrected chi connectivity index (χ1v) is 32.4. The van der Waals surface area contributed by atoms with Gasteiger partial charge in [0, 0.05) is 13.2 Å². The zero-order valence-electron chi connectivity index (χ0n) is 47.7. The highest BCUT2D eigenvalue weighted by Crippen LogP contribution is 2.68. The fourth-order valence-corrected chi connectivity index (χ4v) is 14.8. The standard InChI is InChI=1S/C44H58N16O27P4/c1-44(2,3)32(18-8-6-7-9-19(18)60(66)67)78-17-77-30-27(62)21(83-40(30)59-16-56(4)25-36(59)53-43(47)55-38(25)65)11-80-89(70,71)86-91(74,75)87-90(72,73)81-12-22-29(31(76-5)41(84-22)57-14-50-23-33(45)48-13-49-34(23)57)85-88(68,69)79-10-20-26(61)28(63)39(82-20)58-15-51-24-35(58)52-42(46)54-37(24)64/h6-9,13-16,20-22,26-32,39-41,61-63H,10-12,17H2,1-5H3,(H11-,45,46,47,48,49,52,53,54,55,64,65,68,69,70,71,72,73,74,75)/p+1/t20-,21-,22-,26?,27+,28+,29?,30?,31+,32?,39-,40-,41-/m1/s1. The van der Waals surface area contributed by atoms with Crippen LogP contribution in [0.15, 0.2) is 59.2 Å². The van der Waals surface area contributed by atoms with Crippen molar-refractivity contribution in [2.75, 3.05) is 50.9 Å². The maximum absolute atomic E-state index is 13.8. The summed E-state index contributed by atoms with van der Waals surface area (Å²) in [4.78, 5) is 109. The molecule has 6 aromatic heterocycles. The Morgan fingerprint density at radius 2 is 1.33 bits per heavy atom. The van der Waals surface area contributed by atoms with Crippen molar-refractivity contribution in [1.82, 2.24) is 53.6 Å². The number of aromatic nitrogens is 12. The van der Waals surface area contributed by atoms with Crippen LogP contribution >= 0.6 is 31.3 Å². The number of nitro benzene ring substituents is 1. The lowest BCUT2D eigenvalue weighted by molar-refractivity contribution is -0.746. The second-order valence-electron chi connectivity index (χ2n) is 21.5. The molecule has 0 spiro atoms. The fourth-order valence-electron chi connectivity index (χ4n) is 10.3. The average Bonchev–Trinajstić information content (AvgIpc) is 1.63. The van der Waals surface area contributed by atoms with Crippen molar-refractivity contribution in [3.8, 4) is 0 Å². The van der Waals surface area contributed by atoms with Gasteiger partial charge in [0.25, 0.3) is 22.8 Å². The van der Waals surface area contributed by atoms with E-state index in [0.717, 1.165) is 30.7 Å². The van der Waals surface area contributed by atoms with Crippen LogP contribution in [0.1, 0.15) is 51.1 Å². The molecule has 17 atom stereocenters. The van der Waals surface area contributed by atoms with Crippen LogP contribution in [0.4, 0.5) is 23.4 Å². The maximum atomic E-state index is 13.8. The smallest absolute Gasteiger partial charge is 0.387 e. The molecule has 496 valence electrons. The van der Waals surface area contributed by atoms with Gasteiger partial charge in [-0.1, -0.05) is 37.9 Å². The Morgan fingerprint density at radius 3 is 1.99 bits per heavy atom. The number of aryl methyl sites for hydroxylation is 1. The minimum atomic E-state index is -6.31. The Hall–Kier alpha value is -6.57. The predicted octanol–water partition coefficient (Wildman–Crippen LogP) is -1.02. The molecule has 15 N–H and O–H groups in total. The largest absolute Gasteiger partial charge is 0.490 e. The number of anilines is 3. The Bertz CT molecular complexity index is 4200. The van der Waals surface area contributed by atoms with E-state index in [-0.39, 0.29) is 62.5 Å². The zero-order chi connectivity index (χ0) is 66.0. The Labute approximate surface area is 508 Å². The van der Waals surface area contributed by atoms with E-state index in [1.54, 1.807) is 26.8 Å². The molecule has 3 saturated heterocycles. The van der Waals surface area contributed by atoms with Crippen LogP contribution in [-0.2, 0) is 80.4 Å². The molecular weight excluding hydrogens is 1310 g/mol. The van der Waals surface area contributed by atoms with Crippen molar-refractivity contribution in [2.24, 2.45) is 12.5 Å². The van der Waals surface area contributed by atoms with E-state index >= 15 is 0 Å². The van der Waals surface area contributed by atoms with Gasteiger partial charge in [0.15, 0.2) is 41.4 Å². The van der Waals surface area contributed by atoms with Gasteiger partial charge in [-0.25, -0.2) is 42.8 Å². The number of rotatable bonds is 25. The molecule has 0 radical (unpaired) electrons. The number of fused-ring (bicyclic) bond motifs is 3. The van der Waals surface area contributed by atoms with Gasteiger partial charge >= 0.3 is 36.9 Å². The van der Waals surface area contributed by atoms with Crippen molar-refractivity contribution < 1.29 is 118 Å². The van der Waals surface area contributed by atoms with Crippen molar-refractivity contribution in [3.63, 3.8) is 0 Å². The summed E-state index contributed by atoms with van der Waals surface area (Å²) < 4.78 is 123. The molecule has 91 heavy (non-hydrogen) atoms. The summed E-state index contributed by atoms with van der Waals surface area (Å²) in [6.45, 7) is 0.989. The Kier molecular flexibility index (Phi) is 19.0. The van der Waals surface area contributed by atoms with E-state index in [2.05, 4.69) is 48.5 Å². The number of imidazole rings is 3. The van der Waals surface area contributed by atoms with Crippen LogP contribution in [0.5, 0.6) is 0 Å². The van der Waals surface area contributed by atoms with Crippen LogP contribution in [-0.4, -0.2) is 182 Å². The Balaban J connectivity index is 0.817. The molecule has 3 fully saturated rings. The first kappa shape index (κ1) is 67.3. The molecule has 47 heteroatoms. The summed E-state index contributed by atoms with van der Waals surface area (Å²) in [5, 5.41) is 45.6. The van der Waals surface area contributed by atoms with Gasteiger partial charge in [0.2, 0.25) is 17.7 Å². The summed E-state index contributed by atoms with van der Waals surface area (Å²) in [5.74, 6) is -0.774. The number of nitrogens with two attached hydrogens (primary N) is 3. The van der Waals surface area contributed by atoms with Gasteiger partial charge in [0.1, 0.15) is 73.6 Å². The number of aromatic amines is 2. The number of hydrogen-bond acceptors (Lipinski definition) is 32. The SMILES string of the molecule is CO[C@H]1C(OP(=O)(O)OC[C@H]2O[C@@H](n3cnc4c(=O)[nH]c(N)nc43)[C@@H](O)C2O)[C@@H](COP(=O)(O)OP(=O)(O)OP(=O)(O)OC[C@H]2O[C@@H]([n+]3cn(C)c4c(=O)[nH]c(N)nc43)C(OCOC(c3ccccc3[N+](=O)[O-])C(C)(C)C)[C@H]2O)O[C@H]1n1cnc2c(N)ncnc21. The van der Waals surface area contributed by atoms with Crippen molar-refractivity contribution >= 4 is 88.2 Å². The molecule has 7 aromatic rings. The topological polar surface area (TPSA) is 604 Å². The number of nitro groups is 1. The van der Waals surface area contributed by atoms with Crippen LogP contribution in [0, 0.1) is 15.5 Å². The lowest BCUT2D eigenvalue weighted by Crippen LogP contribution is -2.47. The molecule has 0 bridgehead atoms. The lowest BCUT2D eigenvalue weighted by atomic mass is 9.84. The molecule has 0 amide bonds. The molecule has 3 aliphatic rings. The summed E-state index contributed by atoms with van der Waals surface area (Å²) in [6.07, 6.45) is -16.9. The van der Waals surface area contributed by atoms with Gasteiger partial charge in [0.05, 0.1) is 56.1 Å². The molecule has 0 aliphatic carbocycles. The number of H-pyrrole nitrogens is 2. The van der Waals surface area contributed by atoms with Crippen LogP contribution in [0.2, 0.25) is 0 Å². The quantitative estimate of drug-likeness (QED) is 0.0107. The number of phosphoric acid groups is 4. The van der Waals surface area contributed by atoms with E-state index in [0.29, 0.717) is 0 Å². The number of aliphatic hydroxyl groups excluding tert-OH is 3. The number of hydrogen-bond donors (Lipinski definition) is 12. The number of para-hydroxylation sites is 1. The number of nitrogens with one attached hydrogen (secondary N) is 2. The van der Waals surface area contributed by atoms with Gasteiger partial charge in [-0.2, -0.15) is 13.6 Å². The number of ether oxygens (including phenoxy) is 6. The number of methoxy groups -OCH3 is 1. The molecule has 3 aliphatic heterocycles. The molecule has 8 unspecified atom stereocenters. The molecule has 43 nitrogen and oxygen atoms in total. The van der Waals surface area contributed by atoms with Gasteiger partial charge < -0.3 is 80.5 Å². The van der Waals surface area contributed by atoms with Gasteiger partial charge in [-0.3, -0.25) is 61.5 Å². The minimum absolute atomic E-state index is 0.0106. The molecule has 0 saturated carbocycles. The molecule has 9 heterocycles. The number of benzene rings is 1. The lowest BCUT2D eigenvalue weighted by Gasteiger charge is -2.31. The van der Waals surface area contributed by atoms with Crippen molar-refractivity contribution in [3.05, 3.63) is 86.0 Å². The van der Waals surface area contributed by atoms with E-state index in [1.807, 2.05) is 0 Å². The molecule has 1 aromatic carbocycles. The predicted molar refractivity (Wildman–Crippen MR) is 299 cm³/mol. The monoisotopic (exact) mass is 1370 g/mol. The highest BCUT2D eigenvalue weighted by atomic mass is 31.3. The first-order chi connectivity index (χ1) is 42.7. The summed E-state index contributed by atoms with van der Waals surface area (Å²) in [6, 6.07) is 5.78. The van der Waals surface area contributed by atoms with Crippen LogP contribution in [0.25, 0.3) is 33.5 Å². The van der Waals surface area contributed by atoms with Crippen molar-refractivity contribution in [1.29, 1.82) is 0 Å². The first-order valence-electron chi connectivity index (χ1n) is 26.4. The second-order valence-corrected chi connectivity index (χ2v) is 27.5. The highest BCUT2D eigenvalue weighted by molar-refractivity contribution is 7.66. The second kappa shape index (κ2) is 25.7. The zero-order valence-corrected chi connectivity index (χ0v) is 51.3. The normalized spacial score (nSPS) is 27.7. The van der Waals surface area contributed by atoms with Gasteiger partial charge in [-0.05, 0) is 11.5 Å². The van der Waals surface area contributed by atoms with Crippen LogP contribution < -0.4 is 32.9 Å². The number of phosphoric ester groups is 3. The molecule has 10 rings (SSSR count). The summed E-state index contributed by atoms with van der Waals surface area (Å²) in [7, 11) is -21.3. The Morgan fingerprint density at radius 1 is 0.736 bits per heavy atom. The van der Waals surface area contributed by atoms with E-state index in [1.165, 1.54) is 45.3 Å². The van der Waals surface area contributed by atoms with Gasteiger partial charge in [-0.15, -0.1) is 0 Å². The number of aliphatic hydroxyl groups is 3. The summed E-state index contributed by atoms with van der Waals surface area (Å²) in [5.41, 5.74) is 14.6. The highest BCUT2D eigenvalue weighted by Gasteiger charge is 2.54. The third-order valence-electron chi connectivity index (χ3n) is 14.2. The summed E-state index contributed by atoms with van der Waals surface area (Å²) >= 11 is 0. The van der Waals surface area contributed by atoms with E-state index in [9.17, 15) is 72.9 Å². The van der Waals surface area contributed by atoms with E-state index in [4.69, 9.17) is 63.7 Å². The third kappa shape index (κ3) is 14.2.